The van der Waals surface area contributed by atoms with E-state index in [0.717, 1.165) is 5.56 Å². The highest BCUT2D eigenvalue weighted by Crippen LogP contribution is 2.21. The van der Waals surface area contributed by atoms with Crippen LogP contribution < -0.4 is 0 Å². The second-order valence-electron chi connectivity index (χ2n) is 3.90. The Morgan fingerprint density at radius 3 is 2.10 bits per heavy atom. The van der Waals surface area contributed by atoms with Gasteiger partial charge < -0.3 is 0 Å². The van der Waals surface area contributed by atoms with Crippen molar-refractivity contribution in [3.05, 3.63) is 76.7 Å². The standard InChI is InChI=1S/C16H11ClO2S/c17-16(13-7-10-14-8-3-1-4-9-14)20(18,19)15-11-5-2-6-12-15/h1-6,8-9,11-13H/b16-13+. The molecule has 0 saturated heterocycles. The van der Waals surface area contributed by atoms with Crippen LogP contribution in [0.5, 0.6) is 0 Å². The van der Waals surface area contributed by atoms with E-state index in [2.05, 4.69) is 11.8 Å². The Labute approximate surface area is 123 Å². The predicted octanol–water partition coefficient (Wildman–Crippen LogP) is 3.59. The average Bonchev–Trinajstić information content (AvgIpc) is 2.49. The quantitative estimate of drug-likeness (QED) is 0.794. The Balaban J connectivity index is 2.26. The van der Waals surface area contributed by atoms with Crippen LogP contribution in [0.4, 0.5) is 0 Å². The predicted molar refractivity (Wildman–Crippen MR) is 80.9 cm³/mol. The van der Waals surface area contributed by atoms with Gasteiger partial charge in [-0.3, -0.25) is 0 Å². The number of allylic oxidation sites excluding steroid dienone is 1. The van der Waals surface area contributed by atoms with Crippen LogP contribution in [0.25, 0.3) is 0 Å². The van der Waals surface area contributed by atoms with Crippen LogP contribution in [-0.2, 0) is 9.84 Å². The minimum absolute atomic E-state index is 0.155. The third kappa shape index (κ3) is 3.51. The Hall–Kier alpha value is -2.02. The molecule has 0 saturated carbocycles. The van der Waals surface area contributed by atoms with E-state index >= 15 is 0 Å². The first-order chi connectivity index (χ1) is 9.60. The molecule has 20 heavy (non-hydrogen) atoms. The lowest BCUT2D eigenvalue weighted by atomic mass is 10.2. The van der Waals surface area contributed by atoms with Gasteiger partial charge >= 0.3 is 0 Å². The lowest BCUT2D eigenvalue weighted by Crippen LogP contribution is -2.00. The first kappa shape index (κ1) is 14.4. The molecule has 2 aromatic carbocycles. The Morgan fingerprint density at radius 2 is 1.50 bits per heavy atom. The van der Waals surface area contributed by atoms with Crippen LogP contribution in [0.2, 0.25) is 0 Å². The summed E-state index contributed by atoms with van der Waals surface area (Å²) in [5.41, 5.74) is 0.797. The smallest absolute Gasteiger partial charge is 0.217 e. The monoisotopic (exact) mass is 302 g/mol. The highest BCUT2D eigenvalue weighted by molar-refractivity contribution is 7.96. The van der Waals surface area contributed by atoms with E-state index in [-0.39, 0.29) is 9.26 Å². The highest BCUT2D eigenvalue weighted by Gasteiger charge is 2.17. The zero-order valence-electron chi connectivity index (χ0n) is 10.5. The van der Waals surface area contributed by atoms with Gasteiger partial charge in [-0.15, -0.1) is 0 Å². The van der Waals surface area contributed by atoms with Gasteiger partial charge in [0, 0.05) is 11.6 Å². The zero-order chi connectivity index (χ0) is 14.4. The second kappa shape index (κ2) is 6.42. The normalized spacial score (nSPS) is 11.6. The molecule has 0 atom stereocenters. The summed E-state index contributed by atoms with van der Waals surface area (Å²) in [7, 11) is -3.67. The average molecular weight is 303 g/mol. The maximum atomic E-state index is 12.1. The number of sulfone groups is 1. The molecule has 0 unspecified atom stereocenters. The van der Waals surface area contributed by atoms with Gasteiger partial charge in [-0.05, 0) is 24.3 Å². The van der Waals surface area contributed by atoms with Gasteiger partial charge in [-0.25, -0.2) is 8.42 Å². The van der Waals surface area contributed by atoms with E-state index in [1.165, 1.54) is 18.2 Å². The fraction of sp³-hybridized carbons (Fsp3) is 0. The summed E-state index contributed by atoms with van der Waals surface area (Å²) < 4.78 is 23.9. The molecule has 0 amide bonds. The second-order valence-corrected chi connectivity index (χ2v) is 6.45. The minimum atomic E-state index is -3.67. The number of hydrogen-bond donors (Lipinski definition) is 0. The number of benzene rings is 2. The molecule has 2 nitrogen and oxygen atoms in total. The molecule has 100 valence electrons. The summed E-state index contributed by atoms with van der Waals surface area (Å²) >= 11 is 5.84. The lowest BCUT2D eigenvalue weighted by molar-refractivity contribution is 0.604. The third-order valence-electron chi connectivity index (χ3n) is 2.49. The number of hydrogen-bond acceptors (Lipinski definition) is 2. The highest BCUT2D eigenvalue weighted by atomic mass is 35.5. The van der Waals surface area contributed by atoms with Crippen LogP contribution in [0.1, 0.15) is 5.56 Å². The Bertz CT molecular complexity index is 767. The summed E-state index contributed by atoms with van der Waals surface area (Å²) in [6, 6.07) is 17.3. The van der Waals surface area contributed by atoms with E-state index in [0.29, 0.717) is 0 Å². The van der Waals surface area contributed by atoms with Crippen LogP contribution >= 0.6 is 11.6 Å². The molecule has 0 aliphatic rings. The molecule has 0 bridgehead atoms. The largest absolute Gasteiger partial charge is 0.218 e. The molecule has 0 radical (unpaired) electrons. The van der Waals surface area contributed by atoms with Gasteiger partial charge in [0.1, 0.15) is 4.36 Å². The fourth-order valence-electron chi connectivity index (χ4n) is 1.49. The molecular weight excluding hydrogens is 292 g/mol. The van der Waals surface area contributed by atoms with Crippen molar-refractivity contribution in [1.29, 1.82) is 0 Å². The SMILES string of the molecule is O=S(=O)(/C(Cl)=C/C#Cc1ccccc1)c1ccccc1. The molecule has 0 aliphatic heterocycles. The summed E-state index contributed by atoms with van der Waals surface area (Å²) in [4.78, 5) is 0.155. The molecule has 2 rings (SSSR count). The van der Waals surface area contributed by atoms with Gasteiger partial charge in [0.05, 0.1) is 4.90 Å². The molecule has 0 N–H and O–H groups in total. The van der Waals surface area contributed by atoms with E-state index in [1.807, 2.05) is 30.3 Å². The van der Waals surface area contributed by atoms with E-state index in [9.17, 15) is 8.42 Å². The Morgan fingerprint density at radius 1 is 0.950 bits per heavy atom. The lowest BCUT2D eigenvalue weighted by Gasteiger charge is -2.00. The van der Waals surface area contributed by atoms with Crippen molar-refractivity contribution in [2.24, 2.45) is 0 Å². The van der Waals surface area contributed by atoms with Crippen LogP contribution in [0, 0.1) is 11.8 Å². The van der Waals surface area contributed by atoms with Crippen molar-refractivity contribution in [2.75, 3.05) is 0 Å². The fourth-order valence-corrected chi connectivity index (χ4v) is 2.76. The number of rotatable bonds is 2. The van der Waals surface area contributed by atoms with Gasteiger partial charge in [-0.1, -0.05) is 59.8 Å². The molecule has 4 heteroatoms. The number of halogens is 1. The summed E-state index contributed by atoms with van der Waals surface area (Å²) in [5.74, 6) is 5.48. The summed E-state index contributed by atoms with van der Waals surface area (Å²) in [6.45, 7) is 0. The van der Waals surface area contributed by atoms with Gasteiger partial charge in [0.25, 0.3) is 0 Å². The molecule has 0 aliphatic carbocycles. The molecular formula is C16H11ClO2S. The van der Waals surface area contributed by atoms with E-state index in [4.69, 9.17) is 11.6 Å². The van der Waals surface area contributed by atoms with Crippen molar-refractivity contribution in [2.45, 2.75) is 4.90 Å². The first-order valence-electron chi connectivity index (χ1n) is 5.83. The van der Waals surface area contributed by atoms with Crippen molar-refractivity contribution in [1.82, 2.24) is 0 Å². The first-order valence-corrected chi connectivity index (χ1v) is 7.69. The molecule has 0 fully saturated rings. The topological polar surface area (TPSA) is 34.1 Å². The van der Waals surface area contributed by atoms with Gasteiger partial charge in [-0.2, -0.15) is 0 Å². The maximum absolute atomic E-state index is 12.1. The van der Waals surface area contributed by atoms with Crippen molar-refractivity contribution < 1.29 is 8.42 Å². The van der Waals surface area contributed by atoms with Gasteiger partial charge in [0.15, 0.2) is 0 Å². The van der Waals surface area contributed by atoms with Crippen LogP contribution in [0.15, 0.2) is 76.0 Å². The summed E-state index contributed by atoms with van der Waals surface area (Å²) in [5, 5.41) is 0. The van der Waals surface area contributed by atoms with Crippen LogP contribution in [-0.4, -0.2) is 8.42 Å². The zero-order valence-corrected chi connectivity index (χ0v) is 12.0. The van der Waals surface area contributed by atoms with Crippen molar-refractivity contribution in [3.63, 3.8) is 0 Å². The maximum Gasteiger partial charge on any atom is 0.217 e. The van der Waals surface area contributed by atoms with Crippen molar-refractivity contribution in [3.8, 4) is 11.8 Å². The molecule has 0 spiro atoms. The van der Waals surface area contributed by atoms with E-state index < -0.39 is 9.84 Å². The molecule has 0 heterocycles. The van der Waals surface area contributed by atoms with E-state index in [1.54, 1.807) is 18.2 Å². The molecule has 0 aromatic heterocycles. The van der Waals surface area contributed by atoms with Crippen molar-refractivity contribution >= 4 is 21.4 Å². The minimum Gasteiger partial charge on any atom is -0.218 e. The van der Waals surface area contributed by atoms with Crippen LogP contribution in [0.3, 0.4) is 0 Å². The Kier molecular flexibility index (Phi) is 4.62. The third-order valence-corrected chi connectivity index (χ3v) is 4.73. The van der Waals surface area contributed by atoms with Gasteiger partial charge in [0.2, 0.25) is 9.84 Å². The summed E-state index contributed by atoms with van der Waals surface area (Å²) in [6.07, 6.45) is 1.21. The molecule has 2 aromatic rings.